The van der Waals surface area contributed by atoms with Gasteiger partial charge in [0.05, 0.1) is 13.2 Å². The second-order valence-electron chi connectivity index (χ2n) is 6.41. The molecule has 1 aromatic heterocycles. The zero-order chi connectivity index (χ0) is 21.0. The Balaban J connectivity index is 1.96. The predicted molar refractivity (Wildman–Crippen MR) is 99.4 cm³/mol. The van der Waals surface area contributed by atoms with Crippen molar-refractivity contribution >= 4 is 17.4 Å². The average molecular weight is 408 g/mol. The fourth-order valence-electron chi connectivity index (χ4n) is 3.04. The summed E-state index contributed by atoms with van der Waals surface area (Å²) in [7, 11) is 1.48. The van der Waals surface area contributed by atoms with Gasteiger partial charge in [-0.05, 0) is 24.3 Å². The van der Waals surface area contributed by atoms with Crippen molar-refractivity contribution in [2.45, 2.75) is 18.6 Å². The number of amidine groups is 1. The monoisotopic (exact) mass is 408 g/mol. The van der Waals surface area contributed by atoms with E-state index < -0.39 is 35.9 Å². The minimum absolute atomic E-state index is 0.0970. The van der Waals surface area contributed by atoms with Gasteiger partial charge in [-0.3, -0.25) is 14.8 Å². The molecule has 1 aromatic carbocycles. The van der Waals surface area contributed by atoms with E-state index >= 15 is 0 Å². The molecule has 3 N–H and O–H groups in total. The molecule has 1 aliphatic heterocycles. The Kier molecular flexibility index (Phi) is 6.14. The number of nitrogens with zero attached hydrogens (tertiary/aromatic N) is 2. The van der Waals surface area contributed by atoms with E-state index in [1.807, 2.05) is 0 Å². The Labute approximate surface area is 164 Å². The van der Waals surface area contributed by atoms with Gasteiger partial charge in [0.2, 0.25) is 0 Å². The Hall–Kier alpha value is -2.98. The van der Waals surface area contributed by atoms with E-state index in [4.69, 9.17) is 15.2 Å². The number of aliphatic imine (C=N–C) groups is 1. The van der Waals surface area contributed by atoms with Crippen LogP contribution in [-0.2, 0) is 21.6 Å². The molecule has 0 bridgehead atoms. The van der Waals surface area contributed by atoms with Crippen LogP contribution in [0.4, 0.5) is 18.9 Å². The summed E-state index contributed by atoms with van der Waals surface area (Å²) in [5, 5.41) is 2.54. The van der Waals surface area contributed by atoms with Gasteiger partial charge in [-0.15, -0.1) is 0 Å². The number of carbonyl (C=O) groups is 1. The molecule has 1 aliphatic rings. The summed E-state index contributed by atoms with van der Waals surface area (Å²) >= 11 is 0. The molecule has 10 heteroatoms. The third kappa shape index (κ3) is 4.22. The molecule has 7 nitrogen and oxygen atoms in total. The van der Waals surface area contributed by atoms with Gasteiger partial charge < -0.3 is 20.5 Å². The largest absolute Gasteiger partial charge is 0.385 e. The van der Waals surface area contributed by atoms with Gasteiger partial charge >= 0.3 is 0 Å². The van der Waals surface area contributed by atoms with Gasteiger partial charge in [-0.2, -0.15) is 0 Å². The molecule has 3 rings (SSSR count). The van der Waals surface area contributed by atoms with E-state index in [-0.39, 0.29) is 30.4 Å². The molecule has 2 aromatic rings. The number of ether oxygens (including phenoxy) is 2. The predicted octanol–water partition coefficient (Wildman–Crippen LogP) is 2.47. The number of rotatable bonds is 6. The van der Waals surface area contributed by atoms with Crippen LogP contribution < -0.4 is 11.1 Å². The van der Waals surface area contributed by atoms with Crippen LogP contribution in [0.15, 0.2) is 41.5 Å². The van der Waals surface area contributed by atoms with E-state index in [0.29, 0.717) is 5.56 Å². The lowest BCUT2D eigenvalue weighted by atomic mass is 9.90. The van der Waals surface area contributed by atoms with Crippen LogP contribution in [0.3, 0.4) is 0 Å². The maximum Gasteiger partial charge on any atom is 0.274 e. The summed E-state index contributed by atoms with van der Waals surface area (Å²) in [5.41, 5.74) is 3.58. The molecule has 0 aliphatic carbocycles. The van der Waals surface area contributed by atoms with Crippen molar-refractivity contribution in [1.82, 2.24) is 4.98 Å². The normalized spacial score (nSPS) is 19.1. The van der Waals surface area contributed by atoms with Gasteiger partial charge in [0, 0.05) is 30.1 Å². The Morgan fingerprint density at radius 2 is 2.21 bits per heavy atom. The highest BCUT2D eigenvalue weighted by molar-refractivity contribution is 6.03. The van der Waals surface area contributed by atoms with Gasteiger partial charge in [0.25, 0.3) is 12.3 Å². The van der Waals surface area contributed by atoms with Crippen LogP contribution in [0.25, 0.3) is 0 Å². The molecule has 1 atom stereocenters. The summed E-state index contributed by atoms with van der Waals surface area (Å²) in [6, 6.07) is 6.66. The van der Waals surface area contributed by atoms with Gasteiger partial charge in [0.15, 0.2) is 5.54 Å². The first-order chi connectivity index (χ1) is 13.9. The lowest BCUT2D eigenvalue weighted by Crippen LogP contribution is -2.45. The van der Waals surface area contributed by atoms with Crippen LogP contribution in [0.2, 0.25) is 0 Å². The van der Waals surface area contributed by atoms with Gasteiger partial charge in [-0.1, -0.05) is 6.07 Å². The number of amides is 1. The number of pyridine rings is 1. The van der Waals surface area contributed by atoms with E-state index in [0.717, 1.165) is 12.1 Å². The third-order valence-electron chi connectivity index (χ3n) is 4.37. The van der Waals surface area contributed by atoms with Gasteiger partial charge in [-0.25, -0.2) is 13.2 Å². The first-order valence-corrected chi connectivity index (χ1v) is 8.61. The number of anilines is 1. The third-order valence-corrected chi connectivity index (χ3v) is 4.37. The molecule has 0 saturated heterocycles. The van der Waals surface area contributed by atoms with Crippen molar-refractivity contribution in [3.8, 4) is 0 Å². The average Bonchev–Trinajstić information content (AvgIpc) is 2.70. The highest BCUT2D eigenvalue weighted by Gasteiger charge is 2.46. The molecule has 2 heterocycles. The van der Waals surface area contributed by atoms with E-state index in [1.54, 1.807) is 12.1 Å². The number of nitrogens with one attached hydrogen (secondary N) is 1. The second kappa shape index (κ2) is 8.58. The molecule has 29 heavy (non-hydrogen) atoms. The van der Waals surface area contributed by atoms with Crippen LogP contribution in [0, 0.1) is 5.82 Å². The Bertz CT molecular complexity index is 939. The molecule has 0 radical (unpaired) electrons. The number of hydrogen-bond acceptors (Lipinski definition) is 6. The van der Waals surface area contributed by atoms with Crippen molar-refractivity contribution in [3.63, 3.8) is 0 Å². The molecule has 1 unspecified atom stereocenters. The van der Waals surface area contributed by atoms with Gasteiger partial charge in [0.1, 0.15) is 24.0 Å². The number of hydrogen-bond donors (Lipinski definition) is 2. The SMILES string of the molecule is COCc1cccnc1C(=O)Nc1ccc(F)c(C2(C(F)F)COCC(N)=N2)c1. The second-order valence-corrected chi connectivity index (χ2v) is 6.41. The summed E-state index contributed by atoms with van der Waals surface area (Å²) in [6.07, 6.45) is -1.64. The first-order valence-electron chi connectivity index (χ1n) is 8.61. The van der Waals surface area contributed by atoms with Crippen molar-refractivity contribution < 1.29 is 27.4 Å². The van der Waals surface area contributed by atoms with E-state index in [9.17, 15) is 18.0 Å². The number of aromatic nitrogens is 1. The number of halogens is 3. The molecule has 154 valence electrons. The number of nitrogens with two attached hydrogens (primary N) is 1. The summed E-state index contributed by atoms with van der Waals surface area (Å²) in [6.45, 7) is -0.503. The fourth-order valence-corrected chi connectivity index (χ4v) is 3.04. The summed E-state index contributed by atoms with van der Waals surface area (Å²) in [4.78, 5) is 20.4. The number of methoxy groups -OCH3 is 1. The van der Waals surface area contributed by atoms with Crippen LogP contribution in [0.1, 0.15) is 21.6 Å². The lowest BCUT2D eigenvalue weighted by molar-refractivity contribution is -0.0145. The Morgan fingerprint density at radius 3 is 2.90 bits per heavy atom. The molecular formula is C19H19F3N4O3. The number of carbonyl (C=O) groups excluding carboxylic acids is 1. The number of alkyl halides is 2. The van der Waals surface area contributed by atoms with Crippen molar-refractivity contribution in [2.24, 2.45) is 10.7 Å². The minimum atomic E-state index is -3.08. The highest BCUT2D eigenvalue weighted by atomic mass is 19.3. The molecule has 0 saturated carbocycles. The standard InChI is InChI=1S/C19H19F3N4O3/c1-28-8-11-3-2-6-24-16(11)17(27)25-12-4-5-14(20)13(7-12)19(18(21)22)10-29-9-15(23)26-19/h2-7,18H,8-10H2,1H3,(H2,23,26)(H,25,27). The van der Waals surface area contributed by atoms with Crippen LogP contribution in [0.5, 0.6) is 0 Å². The fraction of sp³-hybridized carbons (Fsp3) is 0.316. The quantitative estimate of drug-likeness (QED) is 0.765. The molecular weight excluding hydrogens is 389 g/mol. The maximum atomic E-state index is 14.5. The van der Waals surface area contributed by atoms with E-state index in [1.165, 1.54) is 19.4 Å². The summed E-state index contributed by atoms with van der Waals surface area (Å²) < 4.78 is 52.4. The molecule has 0 fully saturated rings. The zero-order valence-electron chi connectivity index (χ0n) is 15.5. The van der Waals surface area contributed by atoms with Crippen molar-refractivity contribution in [2.75, 3.05) is 25.6 Å². The van der Waals surface area contributed by atoms with Crippen molar-refractivity contribution in [3.05, 3.63) is 59.2 Å². The lowest BCUT2D eigenvalue weighted by Gasteiger charge is -2.33. The zero-order valence-corrected chi connectivity index (χ0v) is 15.5. The summed E-state index contributed by atoms with van der Waals surface area (Å²) in [5.74, 6) is -1.67. The molecule has 1 amide bonds. The van der Waals surface area contributed by atoms with Crippen molar-refractivity contribution in [1.29, 1.82) is 0 Å². The maximum absolute atomic E-state index is 14.5. The minimum Gasteiger partial charge on any atom is -0.385 e. The smallest absolute Gasteiger partial charge is 0.274 e. The first kappa shape index (κ1) is 20.7. The number of benzene rings is 1. The molecule has 0 spiro atoms. The topological polar surface area (TPSA) is 98.8 Å². The van der Waals surface area contributed by atoms with E-state index in [2.05, 4.69) is 15.3 Å². The highest BCUT2D eigenvalue weighted by Crippen LogP contribution is 2.38. The van der Waals surface area contributed by atoms with Crippen LogP contribution in [-0.4, -0.2) is 43.5 Å². The van der Waals surface area contributed by atoms with Crippen LogP contribution >= 0.6 is 0 Å². The Morgan fingerprint density at radius 1 is 1.41 bits per heavy atom.